The lowest BCUT2D eigenvalue weighted by Crippen LogP contribution is -2.70. The molecule has 3 rings (SSSR count). The van der Waals surface area contributed by atoms with Gasteiger partial charge < -0.3 is 88.7 Å². The number of hydrogen-bond donors (Lipinski definition) is 10. The number of aliphatic hydroxyl groups is 9. The molecule has 25 nitrogen and oxygen atoms in total. The summed E-state index contributed by atoms with van der Waals surface area (Å²) in [7, 11) is -5.81. The van der Waals surface area contributed by atoms with Crippen molar-refractivity contribution in [3.63, 3.8) is 0 Å². The van der Waals surface area contributed by atoms with E-state index in [0.717, 1.165) is 128 Å². The second-order valence-corrected chi connectivity index (χ2v) is 37.7. The Hall–Kier alpha value is -2.53. The monoisotopic (exact) mass is 1770 g/mol. The number of rotatable bonds is 82. The number of hydrogen-bond acceptors (Lipinski definition) is 24. The molecule has 2 heterocycles. The zero-order valence-electron chi connectivity index (χ0n) is 77.2. The molecular weight excluding hydrogens is 1580 g/mol. The molecule has 720 valence electrons. The zero-order chi connectivity index (χ0) is 89.1. The van der Waals surface area contributed by atoms with Crippen LogP contribution in [0.25, 0.3) is 0 Å². The van der Waals surface area contributed by atoms with Gasteiger partial charge in [0.25, 0.3) is 0 Å². The highest BCUT2D eigenvalue weighted by molar-refractivity contribution is 7.47. The number of ether oxygens (including phenoxy) is 8. The minimum Gasteiger partial charge on any atom is -0.463 e. The predicted molar refractivity (Wildman–Crippen MR) is 477 cm³/mol. The van der Waals surface area contributed by atoms with Gasteiger partial charge in [-0.2, -0.15) is 0 Å². The Kier molecular flexibility index (Phi) is 69.1. The van der Waals surface area contributed by atoms with E-state index in [4.69, 9.17) is 46.9 Å². The maximum Gasteiger partial charge on any atom is 0.472 e. The summed E-state index contributed by atoms with van der Waals surface area (Å²) in [6, 6.07) is 0. The molecule has 3 aliphatic rings. The summed E-state index contributed by atoms with van der Waals surface area (Å²) in [6.07, 6.45) is 32.1. The fourth-order valence-electron chi connectivity index (χ4n) is 17.0. The van der Waals surface area contributed by atoms with Crippen molar-refractivity contribution in [2.45, 2.75) is 556 Å². The summed E-state index contributed by atoms with van der Waals surface area (Å²) in [4.78, 5) is 66.7. The van der Waals surface area contributed by atoms with Gasteiger partial charge in [0, 0.05) is 25.7 Å². The Morgan fingerprint density at radius 3 is 0.975 bits per heavy atom. The first-order valence-corrected chi connectivity index (χ1v) is 51.7. The quantitative estimate of drug-likeness (QED) is 0.0117. The third-order valence-electron chi connectivity index (χ3n) is 25.0. The first-order valence-electron chi connectivity index (χ1n) is 50.2. The lowest BCUT2D eigenvalue weighted by molar-refractivity contribution is -0.360. The van der Waals surface area contributed by atoms with Crippen LogP contribution in [0.5, 0.6) is 0 Å². The fourth-order valence-corrected chi connectivity index (χ4v) is 17.9. The highest BCUT2D eigenvalue weighted by atomic mass is 31.2. The Labute approximate surface area is 738 Å². The van der Waals surface area contributed by atoms with E-state index in [1.54, 1.807) is 0 Å². The summed E-state index contributed by atoms with van der Waals surface area (Å²) in [5, 5.41) is 103. The Morgan fingerprint density at radius 1 is 0.320 bits per heavy atom. The van der Waals surface area contributed by atoms with E-state index in [1.165, 1.54) is 231 Å². The molecule has 0 radical (unpaired) electrons. The summed E-state index contributed by atoms with van der Waals surface area (Å²) >= 11 is 0. The molecular formula is C96H181O25P. The van der Waals surface area contributed by atoms with E-state index in [2.05, 4.69) is 34.6 Å². The highest BCUT2D eigenvalue weighted by Crippen LogP contribution is 2.49. The van der Waals surface area contributed by atoms with Crippen LogP contribution >= 0.6 is 7.82 Å². The lowest BCUT2D eigenvalue weighted by Gasteiger charge is -2.50. The molecule has 0 bridgehead atoms. The van der Waals surface area contributed by atoms with E-state index in [0.29, 0.717) is 38.0 Å². The van der Waals surface area contributed by atoms with Crippen molar-refractivity contribution in [1.29, 1.82) is 0 Å². The van der Waals surface area contributed by atoms with Crippen molar-refractivity contribution in [3.8, 4) is 0 Å². The molecule has 0 aromatic carbocycles. The fraction of sp³-hybridized carbons (Fsp3) is 0.958. The molecule has 1 saturated carbocycles. The van der Waals surface area contributed by atoms with Crippen molar-refractivity contribution >= 4 is 31.7 Å². The van der Waals surface area contributed by atoms with Gasteiger partial charge in [-0.05, 0) is 31.6 Å². The number of aliphatic hydroxyl groups excluding tert-OH is 9. The lowest BCUT2D eigenvalue weighted by atomic mass is 9.84. The SMILES string of the molecule is CCCCCCCCCCCCCCCCCCC(=O)OCC(COP(=O)(O)OC1C(OC2OC(CO)C(O)C(O)C2O)C(O)C(O)C(OC(=O)CCCCCCCCC(C)CCCCCCCC)C1OC1OC(COC(=O)CCCCCCCCCCCCCCCCC)C(O)C(O)C1O)OC(=O)CCCCCCCCCCCCCCCCCC. The molecule has 2 saturated heterocycles. The standard InChI is InChI=1S/C96H181O25P/c1-6-10-14-18-22-25-28-31-34-37-40-42-45-48-55-61-67-79(98)112-72-76(115-81(100)69-63-57-50-47-44-41-38-35-32-29-26-23-19-15-11-7-2)73-114-122(110,111)121-94-92(119-95-89(108)85(104)83(102)77(71-97)116-95)88(107)87(106)91(118-82(101)70-64-58-52-51-54-60-66-75(5)65-59-53-21-17-13-9-4)93(94)120-96-90(109)86(105)84(103)78(117-96)74-113-80(99)68-62-56-49-46-43-39-36-33-30-27-24-20-16-12-8-3/h75-78,83-97,102-109H,6-74H2,1-5H3,(H,110,111). The average molecular weight is 1770 g/mol. The van der Waals surface area contributed by atoms with Crippen LogP contribution in [0, 0.1) is 5.92 Å². The maximum atomic E-state index is 15.0. The number of unbranched alkanes of at least 4 members (excludes halogenated alkanes) is 54. The van der Waals surface area contributed by atoms with Crippen LogP contribution < -0.4 is 0 Å². The Balaban J connectivity index is 1.90. The summed E-state index contributed by atoms with van der Waals surface area (Å²) < 4.78 is 73.7. The predicted octanol–water partition coefficient (Wildman–Crippen LogP) is 19.6. The van der Waals surface area contributed by atoms with Crippen LogP contribution in [0.4, 0.5) is 0 Å². The molecule has 19 atom stereocenters. The van der Waals surface area contributed by atoms with Gasteiger partial charge >= 0.3 is 31.7 Å². The van der Waals surface area contributed by atoms with Crippen molar-refractivity contribution in [2.75, 3.05) is 26.4 Å². The smallest absolute Gasteiger partial charge is 0.463 e. The number of phosphoric ester groups is 1. The van der Waals surface area contributed by atoms with Crippen molar-refractivity contribution in [1.82, 2.24) is 0 Å². The van der Waals surface area contributed by atoms with Crippen LogP contribution in [0.2, 0.25) is 0 Å². The third kappa shape index (κ3) is 53.6. The van der Waals surface area contributed by atoms with Gasteiger partial charge in [0.2, 0.25) is 0 Å². The minimum atomic E-state index is -5.81. The normalized spacial score (nSPS) is 24.7. The molecule has 19 unspecified atom stereocenters. The van der Waals surface area contributed by atoms with E-state index in [9.17, 15) is 74.6 Å². The van der Waals surface area contributed by atoms with Crippen LogP contribution in [-0.2, 0) is 70.7 Å². The summed E-state index contributed by atoms with van der Waals surface area (Å²) in [5.41, 5.74) is 0. The molecule has 0 aromatic heterocycles. The van der Waals surface area contributed by atoms with Gasteiger partial charge in [-0.1, -0.05) is 401 Å². The molecule has 0 aromatic rings. The van der Waals surface area contributed by atoms with Gasteiger partial charge in [0.05, 0.1) is 13.2 Å². The summed E-state index contributed by atoms with van der Waals surface area (Å²) in [5.74, 6) is -2.31. The topological polar surface area (TPSA) is 380 Å². The molecule has 2 aliphatic heterocycles. The molecule has 26 heteroatoms. The number of esters is 4. The molecule has 0 amide bonds. The van der Waals surface area contributed by atoms with Crippen molar-refractivity contribution in [2.24, 2.45) is 5.92 Å². The van der Waals surface area contributed by atoms with E-state index >= 15 is 0 Å². The van der Waals surface area contributed by atoms with E-state index < -0.39 is 162 Å². The van der Waals surface area contributed by atoms with Crippen LogP contribution in [0.15, 0.2) is 0 Å². The maximum absolute atomic E-state index is 15.0. The molecule has 122 heavy (non-hydrogen) atoms. The van der Waals surface area contributed by atoms with E-state index in [-0.39, 0.29) is 25.7 Å². The van der Waals surface area contributed by atoms with E-state index in [1.807, 2.05) is 0 Å². The Bertz CT molecular complexity index is 2540. The third-order valence-corrected chi connectivity index (χ3v) is 26.0. The van der Waals surface area contributed by atoms with Crippen molar-refractivity contribution < 1.29 is 122 Å². The van der Waals surface area contributed by atoms with Gasteiger partial charge in [-0.3, -0.25) is 28.2 Å². The molecule has 10 N–H and O–H groups in total. The molecule has 1 aliphatic carbocycles. The van der Waals surface area contributed by atoms with Crippen LogP contribution in [-0.4, -0.2) is 205 Å². The number of carbonyl (C=O) groups is 4. The second kappa shape index (κ2) is 74.2. The van der Waals surface area contributed by atoms with Gasteiger partial charge in [-0.25, -0.2) is 4.57 Å². The molecule has 0 spiro atoms. The van der Waals surface area contributed by atoms with Crippen LogP contribution in [0.3, 0.4) is 0 Å². The first-order chi connectivity index (χ1) is 59.1. The largest absolute Gasteiger partial charge is 0.472 e. The molecule has 3 fully saturated rings. The second-order valence-electron chi connectivity index (χ2n) is 36.3. The Morgan fingerprint density at radius 2 is 0.615 bits per heavy atom. The highest BCUT2D eigenvalue weighted by Gasteiger charge is 2.60. The van der Waals surface area contributed by atoms with Gasteiger partial charge in [-0.15, -0.1) is 0 Å². The van der Waals surface area contributed by atoms with Gasteiger partial charge in [0.15, 0.2) is 24.8 Å². The van der Waals surface area contributed by atoms with Crippen LogP contribution in [0.1, 0.15) is 452 Å². The number of phosphoric acid groups is 1. The number of carbonyl (C=O) groups excluding carboxylic acids is 4. The average Bonchev–Trinajstić information content (AvgIpc) is 0.753. The minimum absolute atomic E-state index is 0.0198. The van der Waals surface area contributed by atoms with Gasteiger partial charge in [0.1, 0.15) is 92.6 Å². The first kappa shape index (κ1) is 114. The van der Waals surface area contributed by atoms with Crippen molar-refractivity contribution in [3.05, 3.63) is 0 Å². The zero-order valence-corrected chi connectivity index (χ0v) is 78.1. The summed E-state index contributed by atoms with van der Waals surface area (Å²) in [6.45, 7) is 7.97.